The number of imidazole rings is 1. The summed E-state index contributed by atoms with van der Waals surface area (Å²) in [6, 6.07) is 10.9. The zero-order valence-corrected chi connectivity index (χ0v) is 20.0. The summed E-state index contributed by atoms with van der Waals surface area (Å²) < 4.78 is 5.09. The number of aryl methyl sites for hydroxylation is 3. The Kier molecular flexibility index (Phi) is 13.3. The average Bonchev–Trinajstić information content (AvgIpc) is 3.15. The van der Waals surface area contributed by atoms with Crippen molar-refractivity contribution in [2.45, 2.75) is 123 Å². The van der Waals surface area contributed by atoms with E-state index in [1.54, 1.807) is 5.82 Å². The highest BCUT2D eigenvalue weighted by Crippen LogP contribution is 2.12. The highest BCUT2D eigenvalue weighted by Gasteiger charge is 2.16. The number of rotatable bonds is 18. The molecule has 0 aliphatic heterocycles. The number of hydrogen-bond donors (Lipinski definition) is 0. The van der Waals surface area contributed by atoms with Crippen molar-refractivity contribution in [1.82, 2.24) is 4.57 Å². The normalized spacial score (nSPS) is 11.3. The fourth-order valence-electron chi connectivity index (χ4n) is 4.42. The molecule has 0 saturated carbocycles. The van der Waals surface area contributed by atoms with Gasteiger partial charge in [0.25, 0.3) is 5.82 Å². The molecule has 0 amide bonds. The Morgan fingerprint density at radius 3 is 2.00 bits per heavy atom. The number of benzene rings is 1. The first-order chi connectivity index (χ1) is 14.8. The van der Waals surface area contributed by atoms with Gasteiger partial charge in [-0.3, -0.25) is 0 Å². The van der Waals surface area contributed by atoms with Crippen LogP contribution in [0.1, 0.15) is 109 Å². The lowest BCUT2D eigenvalue weighted by molar-refractivity contribution is -0.704. The van der Waals surface area contributed by atoms with Gasteiger partial charge in [0, 0.05) is 6.42 Å². The first-order valence-electron chi connectivity index (χ1n) is 13.0. The molecule has 2 heteroatoms. The summed E-state index contributed by atoms with van der Waals surface area (Å²) in [5, 5.41) is 0. The van der Waals surface area contributed by atoms with Crippen LogP contribution < -0.4 is 4.57 Å². The smallest absolute Gasteiger partial charge is 0.234 e. The van der Waals surface area contributed by atoms with Crippen LogP contribution in [-0.2, 0) is 25.9 Å². The molecule has 0 saturated heterocycles. The molecule has 0 radical (unpaired) electrons. The Balaban J connectivity index is 1.77. The second kappa shape index (κ2) is 16.2. The second-order valence-electron chi connectivity index (χ2n) is 8.98. The van der Waals surface area contributed by atoms with Crippen LogP contribution in [0.25, 0.3) is 0 Å². The minimum atomic E-state index is 1.14. The summed E-state index contributed by atoms with van der Waals surface area (Å²) in [7, 11) is 0. The molecule has 2 rings (SSSR count). The van der Waals surface area contributed by atoms with E-state index in [9.17, 15) is 0 Å². The molecule has 1 heterocycles. The Bertz CT molecular complexity index is 644. The molecule has 0 aliphatic carbocycles. The van der Waals surface area contributed by atoms with Crippen LogP contribution in [0.2, 0.25) is 0 Å². The molecule has 0 fully saturated rings. The Hall–Kier alpha value is -1.57. The molecule has 0 unspecified atom stereocenters. The van der Waals surface area contributed by atoms with Crippen LogP contribution in [0, 0.1) is 0 Å². The lowest BCUT2D eigenvalue weighted by Crippen LogP contribution is -2.37. The van der Waals surface area contributed by atoms with Crippen molar-refractivity contribution in [3.8, 4) is 0 Å². The molecule has 30 heavy (non-hydrogen) atoms. The van der Waals surface area contributed by atoms with Gasteiger partial charge in [-0.25, -0.2) is 9.13 Å². The maximum Gasteiger partial charge on any atom is 0.256 e. The van der Waals surface area contributed by atoms with Gasteiger partial charge in [0.2, 0.25) is 0 Å². The van der Waals surface area contributed by atoms with Crippen molar-refractivity contribution < 1.29 is 4.57 Å². The van der Waals surface area contributed by atoms with Gasteiger partial charge in [-0.1, -0.05) is 102 Å². The van der Waals surface area contributed by atoms with Crippen molar-refractivity contribution in [3.63, 3.8) is 0 Å². The van der Waals surface area contributed by atoms with E-state index in [-0.39, 0.29) is 0 Å². The van der Waals surface area contributed by atoms with Crippen LogP contribution in [0.5, 0.6) is 0 Å². The number of aromatic nitrogens is 2. The summed E-state index contributed by atoms with van der Waals surface area (Å²) in [6.07, 6.45) is 24.9. The van der Waals surface area contributed by atoms with Crippen LogP contribution in [0.15, 0.2) is 42.7 Å². The van der Waals surface area contributed by atoms with Crippen molar-refractivity contribution >= 4 is 0 Å². The van der Waals surface area contributed by atoms with Crippen LogP contribution in [-0.4, -0.2) is 4.57 Å². The van der Waals surface area contributed by atoms with E-state index < -0.39 is 0 Å². The van der Waals surface area contributed by atoms with E-state index >= 15 is 0 Å². The maximum absolute atomic E-state index is 2.54. The van der Waals surface area contributed by atoms with Gasteiger partial charge in [-0.2, -0.15) is 0 Å². The zero-order chi connectivity index (χ0) is 21.3. The predicted octanol–water partition coefficient (Wildman–Crippen LogP) is 7.67. The van der Waals surface area contributed by atoms with E-state index in [1.807, 2.05) is 0 Å². The predicted molar refractivity (Wildman–Crippen MR) is 130 cm³/mol. The fourth-order valence-corrected chi connectivity index (χ4v) is 4.42. The fraction of sp³-hybridized carbons (Fsp3) is 0.679. The molecular formula is C28H47N2+. The number of unbranched alkanes of at least 4 members (excludes halogenated alkanes) is 10. The number of nitrogens with zero attached hydrogens (tertiary/aromatic N) is 2. The van der Waals surface area contributed by atoms with Gasteiger partial charge >= 0.3 is 0 Å². The lowest BCUT2D eigenvalue weighted by atomic mass is 10.1. The molecule has 2 nitrogen and oxygen atoms in total. The van der Waals surface area contributed by atoms with E-state index in [4.69, 9.17) is 0 Å². The molecule has 1 aromatic heterocycles. The number of hydrogen-bond acceptors (Lipinski definition) is 0. The summed E-state index contributed by atoms with van der Waals surface area (Å²) in [4.78, 5) is 0. The highest BCUT2D eigenvalue weighted by molar-refractivity contribution is 5.14. The van der Waals surface area contributed by atoms with Crippen molar-refractivity contribution in [3.05, 3.63) is 54.1 Å². The lowest BCUT2D eigenvalue weighted by Gasteiger charge is -2.07. The largest absolute Gasteiger partial charge is 0.256 e. The molecule has 0 bridgehead atoms. The van der Waals surface area contributed by atoms with Gasteiger partial charge in [0.15, 0.2) is 0 Å². The van der Waals surface area contributed by atoms with Gasteiger partial charge in [0.05, 0.1) is 13.1 Å². The average molecular weight is 412 g/mol. The Morgan fingerprint density at radius 2 is 1.30 bits per heavy atom. The van der Waals surface area contributed by atoms with Gasteiger partial charge in [0.1, 0.15) is 12.4 Å². The van der Waals surface area contributed by atoms with Crippen molar-refractivity contribution in [2.24, 2.45) is 0 Å². The van der Waals surface area contributed by atoms with Crippen molar-refractivity contribution in [2.75, 3.05) is 0 Å². The molecule has 0 atom stereocenters. The van der Waals surface area contributed by atoms with Crippen LogP contribution in [0.3, 0.4) is 0 Å². The van der Waals surface area contributed by atoms with Crippen LogP contribution >= 0.6 is 0 Å². The Labute approximate surface area is 186 Å². The molecule has 0 aliphatic rings. The van der Waals surface area contributed by atoms with E-state index in [2.05, 4.69) is 65.7 Å². The molecule has 1 aromatic carbocycles. The minimum absolute atomic E-state index is 1.14. The van der Waals surface area contributed by atoms with E-state index in [1.165, 1.54) is 108 Å². The summed E-state index contributed by atoms with van der Waals surface area (Å²) in [6.45, 7) is 6.92. The highest BCUT2D eigenvalue weighted by atomic mass is 15.1. The van der Waals surface area contributed by atoms with Gasteiger partial charge < -0.3 is 0 Å². The van der Waals surface area contributed by atoms with Gasteiger partial charge in [-0.05, 0) is 37.7 Å². The molecule has 0 spiro atoms. The third-order valence-corrected chi connectivity index (χ3v) is 6.30. The zero-order valence-electron chi connectivity index (χ0n) is 20.0. The summed E-state index contributed by atoms with van der Waals surface area (Å²) in [5.41, 5.74) is 1.46. The molecule has 0 N–H and O–H groups in total. The van der Waals surface area contributed by atoms with Crippen LogP contribution in [0.4, 0.5) is 0 Å². The third kappa shape index (κ3) is 9.96. The molecule has 168 valence electrons. The minimum Gasteiger partial charge on any atom is -0.234 e. The standard InChI is InChI=1S/C28H47N2/c1-3-5-7-8-9-10-11-12-16-22-28-29(23-17-6-4-2)25-26-30(28)24-18-21-27-19-14-13-15-20-27/h13-15,19-20,25-26H,3-12,16-18,21-24H2,1-2H3/q+1. The SMILES string of the molecule is CCCCCCCCCCCc1n(CCCCC)cc[n+]1CCCc1ccccc1. The molecular weight excluding hydrogens is 364 g/mol. The quantitative estimate of drug-likeness (QED) is 0.176. The van der Waals surface area contributed by atoms with Gasteiger partial charge in [-0.15, -0.1) is 0 Å². The Morgan fingerprint density at radius 1 is 0.667 bits per heavy atom. The van der Waals surface area contributed by atoms with E-state index in [0.29, 0.717) is 0 Å². The first kappa shape index (κ1) is 24.7. The maximum atomic E-state index is 2.54. The second-order valence-corrected chi connectivity index (χ2v) is 8.98. The topological polar surface area (TPSA) is 8.81 Å². The summed E-state index contributed by atoms with van der Waals surface area (Å²) >= 11 is 0. The molecule has 2 aromatic rings. The van der Waals surface area contributed by atoms with Crippen molar-refractivity contribution in [1.29, 1.82) is 0 Å². The third-order valence-electron chi connectivity index (χ3n) is 6.30. The monoisotopic (exact) mass is 411 g/mol. The first-order valence-corrected chi connectivity index (χ1v) is 13.0. The van der Waals surface area contributed by atoms with E-state index in [0.717, 1.165) is 6.54 Å². The summed E-state index contributed by atoms with van der Waals surface area (Å²) in [5.74, 6) is 1.56.